The molecule has 0 bridgehead atoms. The average Bonchev–Trinajstić information content (AvgIpc) is 3.45. The van der Waals surface area contributed by atoms with Gasteiger partial charge in [-0.3, -0.25) is 14.4 Å². The quantitative estimate of drug-likeness (QED) is 0.0261. The van der Waals surface area contributed by atoms with Crippen LogP contribution in [-0.2, 0) is 28.6 Å². The first-order chi connectivity index (χ1) is 39.0. The fourth-order valence-electron chi connectivity index (χ4n) is 11.0. The van der Waals surface area contributed by atoms with E-state index in [-0.39, 0.29) is 31.1 Å². The third-order valence-electron chi connectivity index (χ3n) is 16.4. The van der Waals surface area contributed by atoms with E-state index in [1.165, 1.54) is 302 Å². The molecular formula is C73H138O6. The van der Waals surface area contributed by atoms with E-state index in [9.17, 15) is 14.4 Å². The SMILES string of the molecule is CCCCCCCCCC/C=C\CCCCCCCCCCCCCCCCCCCC(=O)OCC(COC(=O)CCCCCCC)OC(=O)CCCCCCCCCCCCCCCCC/C=C\CCCCCCCCCC. The van der Waals surface area contributed by atoms with Gasteiger partial charge in [0.15, 0.2) is 6.10 Å². The van der Waals surface area contributed by atoms with Crippen LogP contribution < -0.4 is 0 Å². The van der Waals surface area contributed by atoms with Crippen LogP contribution in [0.25, 0.3) is 0 Å². The van der Waals surface area contributed by atoms with Crippen LogP contribution in [0.1, 0.15) is 406 Å². The summed E-state index contributed by atoms with van der Waals surface area (Å²) < 4.78 is 16.8. The van der Waals surface area contributed by atoms with Gasteiger partial charge in [-0.15, -0.1) is 0 Å². The summed E-state index contributed by atoms with van der Waals surface area (Å²) in [5, 5.41) is 0. The highest BCUT2D eigenvalue weighted by Gasteiger charge is 2.19. The smallest absolute Gasteiger partial charge is 0.306 e. The van der Waals surface area contributed by atoms with Gasteiger partial charge in [0, 0.05) is 19.3 Å². The molecular weight excluding hydrogens is 973 g/mol. The van der Waals surface area contributed by atoms with E-state index < -0.39 is 6.10 Å². The Morgan fingerprint density at radius 2 is 0.418 bits per heavy atom. The molecule has 466 valence electrons. The second-order valence-electron chi connectivity index (χ2n) is 24.5. The highest BCUT2D eigenvalue weighted by molar-refractivity contribution is 5.71. The van der Waals surface area contributed by atoms with Gasteiger partial charge in [-0.25, -0.2) is 0 Å². The van der Waals surface area contributed by atoms with Gasteiger partial charge in [0.2, 0.25) is 0 Å². The van der Waals surface area contributed by atoms with E-state index in [1.54, 1.807) is 0 Å². The molecule has 0 aliphatic heterocycles. The Morgan fingerprint density at radius 1 is 0.241 bits per heavy atom. The monoisotopic (exact) mass is 1110 g/mol. The molecule has 1 atom stereocenters. The summed E-state index contributed by atoms with van der Waals surface area (Å²) in [6.07, 6.45) is 84.2. The zero-order valence-corrected chi connectivity index (χ0v) is 53.7. The molecule has 0 saturated carbocycles. The summed E-state index contributed by atoms with van der Waals surface area (Å²) in [4.78, 5) is 38.0. The van der Waals surface area contributed by atoms with Gasteiger partial charge in [0.05, 0.1) is 0 Å². The topological polar surface area (TPSA) is 78.9 Å². The molecule has 79 heavy (non-hydrogen) atoms. The Morgan fingerprint density at radius 3 is 0.633 bits per heavy atom. The summed E-state index contributed by atoms with van der Waals surface area (Å²) in [6.45, 7) is 6.63. The molecule has 0 aromatic carbocycles. The van der Waals surface area contributed by atoms with Crippen LogP contribution in [0.15, 0.2) is 24.3 Å². The van der Waals surface area contributed by atoms with Crippen molar-refractivity contribution in [3.8, 4) is 0 Å². The van der Waals surface area contributed by atoms with Gasteiger partial charge >= 0.3 is 17.9 Å². The predicted octanol–water partition coefficient (Wildman–Crippen LogP) is 24.6. The maximum Gasteiger partial charge on any atom is 0.306 e. The van der Waals surface area contributed by atoms with Crippen molar-refractivity contribution in [3.63, 3.8) is 0 Å². The first-order valence-electron chi connectivity index (χ1n) is 35.8. The summed E-state index contributed by atoms with van der Waals surface area (Å²) >= 11 is 0. The van der Waals surface area contributed by atoms with E-state index in [2.05, 4.69) is 45.1 Å². The number of carbonyl (C=O) groups excluding carboxylic acids is 3. The lowest BCUT2D eigenvalue weighted by atomic mass is 10.0. The first kappa shape index (κ1) is 76.9. The number of unbranched alkanes of at least 4 members (excludes halogenated alkanes) is 52. The van der Waals surface area contributed by atoms with Crippen LogP contribution in [0.5, 0.6) is 0 Å². The molecule has 0 radical (unpaired) electrons. The Labute approximate surface area is 493 Å². The van der Waals surface area contributed by atoms with Gasteiger partial charge in [-0.1, -0.05) is 340 Å². The van der Waals surface area contributed by atoms with Gasteiger partial charge in [-0.2, -0.15) is 0 Å². The van der Waals surface area contributed by atoms with E-state index in [1.807, 2.05) is 0 Å². The third kappa shape index (κ3) is 66.6. The molecule has 0 fully saturated rings. The van der Waals surface area contributed by atoms with Crippen LogP contribution in [0, 0.1) is 0 Å². The van der Waals surface area contributed by atoms with Crippen molar-refractivity contribution in [2.75, 3.05) is 13.2 Å². The van der Waals surface area contributed by atoms with Crippen molar-refractivity contribution in [3.05, 3.63) is 24.3 Å². The summed E-state index contributed by atoms with van der Waals surface area (Å²) in [7, 11) is 0. The van der Waals surface area contributed by atoms with Crippen molar-refractivity contribution in [2.45, 2.75) is 412 Å². The summed E-state index contributed by atoms with van der Waals surface area (Å²) in [5.41, 5.74) is 0. The van der Waals surface area contributed by atoms with Crippen molar-refractivity contribution in [1.29, 1.82) is 0 Å². The van der Waals surface area contributed by atoms with Crippen LogP contribution >= 0.6 is 0 Å². The average molecular weight is 1110 g/mol. The molecule has 6 nitrogen and oxygen atoms in total. The molecule has 0 saturated heterocycles. The maximum absolute atomic E-state index is 12.9. The number of allylic oxidation sites excluding steroid dienone is 4. The minimum Gasteiger partial charge on any atom is -0.462 e. The second-order valence-corrected chi connectivity index (χ2v) is 24.5. The number of ether oxygens (including phenoxy) is 3. The van der Waals surface area contributed by atoms with E-state index in [4.69, 9.17) is 14.2 Å². The van der Waals surface area contributed by atoms with Crippen molar-refractivity contribution in [1.82, 2.24) is 0 Å². The summed E-state index contributed by atoms with van der Waals surface area (Å²) in [6, 6.07) is 0. The lowest BCUT2D eigenvalue weighted by Gasteiger charge is -2.18. The van der Waals surface area contributed by atoms with E-state index in [0.29, 0.717) is 19.3 Å². The minimum atomic E-state index is -0.765. The van der Waals surface area contributed by atoms with Crippen molar-refractivity contribution >= 4 is 17.9 Å². The summed E-state index contributed by atoms with van der Waals surface area (Å²) in [5.74, 6) is -0.852. The highest BCUT2D eigenvalue weighted by Crippen LogP contribution is 2.19. The predicted molar refractivity (Wildman–Crippen MR) is 344 cm³/mol. The second kappa shape index (κ2) is 68.4. The zero-order chi connectivity index (χ0) is 57.1. The van der Waals surface area contributed by atoms with Crippen LogP contribution in [0.2, 0.25) is 0 Å². The molecule has 6 heteroatoms. The normalized spacial score (nSPS) is 12.1. The third-order valence-corrected chi connectivity index (χ3v) is 16.4. The molecule has 0 N–H and O–H groups in total. The Balaban J connectivity index is 3.91. The minimum absolute atomic E-state index is 0.0658. The largest absolute Gasteiger partial charge is 0.462 e. The molecule has 0 heterocycles. The Hall–Kier alpha value is -2.11. The first-order valence-corrected chi connectivity index (χ1v) is 35.8. The van der Waals surface area contributed by atoms with Gasteiger partial charge in [0.1, 0.15) is 13.2 Å². The molecule has 0 rings (SSSR count). The van der Waals surface area contributed by atoms with Gasteiger partial charge in [0.25, 0.3) is 0 Å². The van der Waals surface area contributed by atoms with E-state index in [0.717, 1.165) is 64.2 Å². The van der Waals surface area contributed by atoms with Crippen molar-refractivity contribution < 1.29 is 28.6 Å². The molecule has 1 unspecified atom stereocenters. The standard InChI is InChI=1S/C73H138O6/c1-4-7-10-13-15-17-19-21-23-25-27-29-31-33-35-36-38-39-41-43-45-47-49-51-53-55-57-60-63-66-72(75)78-69-70(68-77-71(74)65-62-59-12-9-6-3)79-73(76)67-64-61-58-56-54-52-50-48-46-44-42-40-37-34-32-30-28-26-24-22-20-18-16-14-11-8-5-2/h25-28,70H,4-24,29-69H2,1-3H3/b27-25-,28-26-. The Bertz CT molecular complexity index is 1270. The highest BCUT2D eigenvalue weighted by atomic mass is 16.6. The lowest BCUT2D eigenvalue weighted by molar-refractivity contribution is -0.167. The molecule has 0 aliphatic carbocycles. The van der Waals surface area contributed by atoms with Gasteiger partial charge < -0.3 is 14.2 Å². The maximum atomic E-state index is 12.9. The lowest BCUT2D eigenvalue weighted by Crippen LogP contribution is -2.30. The number of hydrogen-bond donors (Lipinski definition) is 0. The van der Waals surface area contributed by atoms with E-state index >= 15 is 0 Å². The van der Waals surface area contributed by atoms with Crippen LogP contribution in [-0.4, -0.2) is 37.2 Å². The molecule has 0 amide bonds. The number of hydrogen-bond acceptors (Lipinski definition) is 6. The number of esters is 3. The molecule has 0 aromatic heterocycles. The van der Waals surface area contributed by atoms with Gasteiger partial charge in [-0.05, 0) is 70.6 Å². The fraction of sp³-hybridized carbons (Fsp3) is 0.904. The number of carbonyl (C=O) groups is 3. The molecule has 0 aliphatic rings. The number of rotatable bonds is 67. The van der Waals surface area contributed by atoms with Crippen LogP contribution in [0.4, 0.5) is 0 Å². The Kier molecular flexibility index (Phi) is 66.6. The van der Waals surface area contributed by atoms with Crippen LogP contribution in [0.3, 0.4) is 0 Å². The van der Waals surface area contributed by atoms with Crippen molar-refractivity contribution in [2.24, 2.45) is 0 Å². The zero-order valence-electron chi connectivity index (χ0n) is 53.7. The molecule has 0 aromatic rings. The molecule has 0 spiro atoms. The fourth-order valence-corrected chi connectivity index (χ4v) is 11.0.